The van der Waals surface area contributed by atoms with Gasteiger partial charge in [-0.25, -0.2) is 4.90 Å². The number of carbonyl (C=O) groups is 3. The third kappa shape index (κ3) is 3.70. The number of hydrogen-bond acceptors (Lipinski definition) is 6. The molecule has 0 aliphatic carbocycles. The molecule has 0 unspecified atom stereocenters. The van der Waals surface area contributed by atoms with Crippen LogP contribution in [0.2, 0.25) is 0 Å². The van der Waals surface area contributed by atoms with Crippen molar-refractivity contribution in [2.75, 3.05) is 18.6 Å². The van der Waals surface area contributed by atoms with E-state index in [9.17, 15) is 14.4 Å². The second kappa shape index (κ2) is 8.63. The number of benzene rings is 2. The quantitative estimate of drug-likeness (QED) is 0.535. The summed E-state index contributed by atoms with van der Waals surface area (Å²) in [7, 11) is 1.55. The number of rotatable bonds is 6. The summed E-state index contributed by atoms with van der Waals surface area (Å²) in [6.07, 6.45) is 0. The van der Waals surface area contributed by atoms with E-state index < -0.39 is 35.3 Å². The molecule has 2 aromatic rings. The molecule has 7 nitrogen and oxygen atoms in total. The Bertz CT molecular complexity index is 1060. The third-order valence-electron chi connectivity index (χ3n) is 6.78. The summed E-state index contributed by atoms with van der Waals surface area (Å²) in [5, 5.41) is 3.31. The van der Waals surface area contributed by atoms with Crippen LogP contribution in [0.4, 0.5) is 5.69 Å². The van der Waals surface area contributed by atoms with E-state index in [0.29, 0.717) is 17.4 Å². The van der Waals surface area contributed by atoms with Gasteiger partial charge in [0.15, 0.2) is 0 Å². The zero-order chi connectivity index (χ0) is 23.9. The van der Waals surface area contributed by atoms with Gasteiger partial charge in [-0.1, -0.05) is 38.1 Å². The molecule has 174 valence electrons. The van der Waals surface area contributed by atoms with E-state index in [1.54, 1.807) is 45.2 Å². The molecule has 33 heavy (non-hydrogen) atoms. The van der Waals surface area contributed by atoms with E-state index in [0.717, 1.165) is 5.56 Å². The van der Waals surface area contributed by atoms with Gasteiger partial charge in [0.25, 0.3) is 0 Å². The van der Waals surface area contributed by atoms with Crippen LogP contribution in [0.15, 0.2) is 48.5 Å². The van der Waals surface area contributed by atoms with Gasteiger partial charge in [-0.05, 0) is 55.2 Å². The van der Waals surface area contributed by atoms with E-state index in [-0.39, 0.29) is 12.5 Å². The van der Waals surface area contributed by atoms with Crippen molar-refractivity contribution >= 4 is 23.5 Å². The Hall–Kier alpha value is -3.19. The van der Waals surface area contributed by atoms with E-state index >= 15 is 0 Å². The van der Waals surface area contributed by atoms with Gasteiger partial charge in [0.05, 0.1) is 31.2 Å². The average Bonchev–Trinajstić information content (AvgIpc) is 3.27. The van der Waals surface area contributed by atoms with Crippen LogP contribution in [-0.4, -0.2) is 37.0 Å². The number of carbonyl (C=O) groups excluding carboxylic acids is 3. The number of ether oxygens (including phenoxy) is 2. The molecule has 2 aromatic carbocycles. The van der Waals surface area contributed by atoms with Crippen molar-refractivity contribution in [1.82, 2.24) is 5.32 Å². The lowest BCUT2D eigenvalue weighted by atomic mass is 9.80. The fourth-order valence-corrected chi connectivity index (χ4v) is 4.97. The van der Waals surface area contributed by atoms with Crippen LogP contribution in [0, 0.1) is 11.8 Å². The molecule has 0 saturated carbocycles. The Morgan fingerprint density at radius 1 is 1.06 bits per heavy atom. The number of nitrogens with one attached hydrogen (secondary N) is 1. The number of anilines is 1. The summed E-state index contributed by atoms with van der Waals surface area (Å²) in [5.74, 6) is -1.86. The van der Waals surface area contributed by atoms with Gasteiger partial charge < -0.3 is 9.47 Å². The second-order valence-electron chi connectivity index (χ2n) is 9.08. The lowest BCUT2D eigenvalue weighted by molar-refractivity contribution is -0.153. The van der Waals surface area contributed by atoms with Gasteiger partial charge in [-0.3, -0.25) is 19.7 Å². The lowest BCUT2D eigenvalue weighted by Gasteiger charge is -2.29. The molecule has 0 radical (unpaired) electrons. The number of methoxy groups -OCH3 is 1. The molecule has 2 saturated heterocycles. The van der Waals surface area contributed by atoms with Gasteiger partial charge in [-0.15, -0.1) is 0 Å². The number of nitrogens with zero attached hydrogens (tertiary/aromatic N) is 1. The van der Waals surface area contributed by atoms with Crippen LogP contribution < -0.4 is 15.0 Å². The Kier molecular flexibility index (Phi) is 6.01. The van der Waals surface area contributed by atoms with Crippen LogP contribution in [0.5, 0.6) is 5.75 Å². The highest BCUT2D eigenvalue weighted by molar-refractivity contribution is 6.24. The predicted molar refractivity (Wildman–Crippen MR) is 124 cm³/mol. The molecule has 0 spiro atoms. The third-order valence-corrected chi connectivity index (χ3v) is 6.78. The minimum absolute atomic E-state index is 0.186. The fraction of sp³-hybridized carbons (Fsp3) is 0.423. The Balaban J connectivity index is 1.77. The molecule has 7 heteroatoms. The molecule has 1 N–H and O–H groups in total. The molecule has 0 bridgehead atoms. The molecule has 2 heterocycles. The zero-order valence-corrected chi connectivity index (χ0v) is 19.6. The van der Waals surface area contributed by atoms with Crippen molar-refractivity contribution in [3.8, 4) is 5.75 Å². The highest BCUT2D eigenvalue weighted by Gasteiger charge is 2.67. The van der Waals surface area contributed by atoms with Gasteiger partial charge in [-0.2, -0.15) is 0 Å². The molecular weight excluding hydrogens is 420 g/mol. The van der Waals surface area contributed by atoms with Crippen LogP contribution in [0.25, 0.3) is 0 Å². The van der Waals surface area contributed by atoms with Gasteiger partial charge in [0, 0.05) is 6.04 Å². The Morgan fingerprint density at radius 3 is 2.24 bits per heavy atom. The molecule has 2 fully saturated rings. The Labute approximate surface area is 194 Å². The minimum atomic E-state index is -1.32. The summed E-state index contributed by atoms with van der Waals surface area (Å²) in [6, 6.07) is 14.3. The van der Waals surface area contributed by atoms with Gasteiger partial charge in [0.1, 0.15) is 11.3 Å². The summed E-state index contributed by atoms with van der Waals surface area (Å²) >= 11 is 0. The van der Waals surface area contributed by atoms with Gasteiger partial charge in [0.2, 0.25) is 11.8 Å². The van der Waals surface area contributed by atoms with Crippen molar-refractivity contribution in [2.24, 2.45) is 11.8 Å². The minimum Gasteiger partial charge on any atom is -0.497 e. The number of fused-ring (bicyclic) bond motifs is 1. The van der Waals surface area contributed by atoms with E-state index in [1.807, 2.05) is 24.3 Å². The van der Waals surface area contributed by atoms with E-state index in [4.69, 9.17) is 9.47 Å². The van der Waals surface area contributed by atoms with Crippen LogP contribution in [0.1, 0.15) is 50.8 Å². The molecule has 2 aliphatic rings. The summed E-state index contributed by atoms with van der Waals surface area (Å²) in [6.45, 7) is 7.80. The molecule has 2 aliphatic heterocycles. The average molecular weight is 451 g/mol. The number of esters is 1. The first-order valence-electron chi connectivity index (χ1n) is 11.3. The van der Waals surface area contributed by atoms with Crippen LogP contribution in [-0.2, 0) is 19.1 Å². The maximum Gasteiger partial charge on any atom is 0.326 e. The summed E-state index contributed by atoms with van der Waals surface area (Å²) in [5.41, 5.74) is 1.17. The normalized spacial score (nSPS) is 26.6. The van der Waals surface area contributed by atoms with Crippen molar-refractivity contribution in [2.45, 2.75) is 45.2 Å². The molecule has 2 amide bonds. The predicted octanol–water partition coefficient (Wildman–Crippen LogP) is 3.59. The van der Waals surface area contributed by atoms with Crippen molar-refractivity contribution < 1.29 is 23.9 Å². The smallest absolute Gasteiger partial charge is 0.326 e. The van der Waals surface area contributed by atoms with Crippen LogP contribution in [0.3, 0.4) is 0 Å². The SMILES string of the molecule is CCOC(=O)[C@]1(C)N[C@H](c2ccc(C(C)C)cc2)[C@H]2C(=O)N(c3ccc(OC)cc3)C(=O)[C@H]21. The summed E-state index contributed by atoms with van der Waals surface area (Å²) < 4.78 is 10.5. The zero-order valence-electron chi connectivity index (χ0n) is 19.6. The first-order valence-corrected chi connectivity index (χ1v) is 11.3. The number of hydrogen-bond donors (Lipinski definition) is 1. The topological polar surface area (TPSA) is 84.9 Å². The van der Waals surface area contributed by atoms with Crippen molar-refractivity contribution in [3.63, 3.8) is 0 Å². The maximum absolute atomic E-state index is 13.7. The number of amides is 2. The van der Waals surface area contributed by atoms with Crippen molar-refractivity contribution in [1.29, 1.82) is 0 Å². The Morgan fingerprint density at radius 2 is 1.70 bits per heavy atom. The maximum atomic E-state index is 13.7. The number of imide groups is 1. The monoisotopic (exact) mass is 450 g/mol. The molecule has 4 rings (SSSR count). The van der Waals surface area contributed by atoms with E-state index in [1.165, 1.54) is 10.5 Å². The van der Waals surface area contributed by atoms with E-state index in [2.05, 4.69) is 19.2 Å². The molecule has 0 aromatic heterocycles. The first-order chi connectivity index (χ1) is 15.7. The summed E-state index contributed by atoms with van der Waals surface area (Å²) in [4.78, 5) is 41.5. The lowest BCUT2D eigenvalue weighted by Crippen LogP contribution is -2.54. The van der Waals surface area contributed by atoms with Crippen LogP contribution >= 0.6 is 0 Å². The standard InChI is InChI=1S/C26H30N2O5/c1-6-33-25(31)26(4)21-20(22(27-26)17-9-7-16(8-10-17)15(2)3)23(29)28(24(21)30)18-11-13-19(32-5)14-12-18/h7-15,20-22,27H,6H2,1-5H3/t20-,21-,22+,26+/m0/s1. The second-order valence-corrected chi connectivity index (χ2v) is 9.08. The van der Waals surface area contributed by atoms with Gasteiger partial charge >= 0.3 is 5.97 Å². The van der Waals surface area contributed by atoms with Crippen molar-refractivity contribution in [3.05, 3.63) is 59.7 Å². The molecular formula is C26H30N2O5. The fourth-order valence-electron chi connectivity index (χ4n) is 4.97. The first kappa shape index (κ1) is 23.0. The largest absolute Gasteiger partial charge is 0.497 e. The highest BCUT2D eigenvalue weighted by Crippen LogP contribution is 2.50. The highest BCUT2D eigenvalue weighted by atomic mass is 16.5. The molecule has 4 atom stereocenters.